The van der Waals surface area contributed by atoms with Gasteiger partial charge in [-0.05, 0) is 30.2 Å². The van der Waals surface area contributed by atoms with Crippen molar-refractivity contribution < 1.29 is 9.15 Å². The van der Waals surface area contributed by atoms with Crippen LogP contribution in [0.2, 0.25) is 0 Å². The second-order valence-electron chi connectivity index (χ2n) is 6.88. The van der Waals surface area contributed by atoms with Gasteiger partial charge in [0.2, 0.25) is 5.89 Å². The number of hydrogen-bond donors (Lipinski definition) is 1. The topological polar surface area (TPSA) is 107 Å². The summed E-state index contributed by atoms with van der Waals surface area (Å²) in [6, 6.07) is 16.5. The monoisotopic (exact) mass is 431 g/mol. The van der Waals surface area contributed by atoms with Gasteiger partial charge in [-0.15, -0.1) is 21.5 Å². The van der Waals surface area contributed by atoms with Crippen LogP contribution in [-0.4, -0.2) is 32.3 Å². The van der Waals surface area contributed by atoms with Crippen molar-refractivity contribution in [3.63, 3.8) is 0 Å². The molecule has 2 aromatic carbocycles. The molecule has 9 heteroatoms. The molecule has 5 aromatic rings. The van der Waals surface area contributed by atoms with Crippen molar-refractivity contribution in [2.45, 2.75) is 13.3 Å². The number of methoxy groups -OCH3 is 1. The minimum Gasteiger partial charge on any atom is -0.468 e. The Bertz CT molecular complexity index is 1440. The molecule has 0 radical (unpaired) electrons. The number of H-pyrrole nitrogens is 1. The van der Waals surface area contributed by atoms with E-state index in [1.54, 1.807) is 18.3 Å². The number of rotatable bonds is 5. The Kier molecular flexibility index (Phi) is 4.79. The summed E-state index contributed by atoms with van der Waals surface area (Å²) in [7, 11) is 1.42. The third kappa shape index (κ3) is 3.71. The second-order valence-corrected chi connectivity index (χ2v) is 8.00. The molecule has 0 spiro atoms. The molecule has 0 aliphatic carbocycles. The number of fused-ring (bicyclic) bond motifs is 1. The van der Waals surface area contributed by atoms with Crippen molar-refractivity contribution in [3.05, 3.63) is 75.3 Å². The molecule has 8 nitrogen and oxygen atoms in total. The van der Waals surface area contributed by atoms with E-state index in [0.717, 1.165) is 26.4 Å². The van der Waals surface area contributed by atoms with E-state index in [1.807, 2.05) is 24.3 Å². The van der Waals surface area contributed by atoms with E-state index >= 15 is 0 Å². The number of thiazole rings is 1. The lowest BCUT2D eigenvalue weighted by atomic mass is 10.1. The fourth-order valence-corrected chi connectivity index (χ4v) is 4.22. The van der Waals surface area contributed by atoms with Crippen LogP contribution < -0.4 is 10.3 Å². The summed E-state index contributed by atoms with van der Waals surface area (Å²) >= 11 is 1.59. The van der Waals surface area contributed by atoms with Crippen LogP contribution >= 0.6 is 11.3 Å². The molecular weight excluding hydrogens is 414 g/mol. The quantitative estimate of drug-likeness (QED) is 0.448. The first-order valence-electron chi connectivity index (χ1n) is 9.53. The summed E-state index contributed by atoms with van der Waals surface area (Å²) in [4.78, 5) is 23.5. The number of benzene rings is 2. The van der Waals surface area contributed by atoms with Gasteiger partial charge in [-0.25, -0.2) is 4.98 Å². The van der Waals surface area contributed by atoms with Crippen molar-refractivity contribution in [3.8, 4) is 28.7 Å². The van der Waals surface area contributed by atoms with E-state index in [9.17, 15) is 4.79 Å². The number of nitrogens with one attached hydrogen (secondary N) is 1. The van der Waals surface area contributed by atoms with E-state index < -0.39 is 0 Å². The second kappa shape index (κ2) is 7.77. The van der Waals surface area contributed by atoms with Crippen LogP contribution in [0.25, 0.3) is 32.9 Å². The average Bonchev–Trinajstić information content (AvgIpc) is 3.42. The Morgan fingerprint density at radius 1 is 1.06 bits per heavy atom. The van der Waals surface area contributed by atoms with Gasteiger partial charge in [0, 0.05) is 5.56 Å². The van der Waals surface area contributed by atoms with E-state index in [4.69, 9.17) is 9.15 Å². The number of hydrogen-bond acceptors (Lipinski definition) is 8. The highest BCUT2D eigenvalue weighted by atomic mass is 32.1. The van der Waals surface area contributed by atoms with Gasteiger partial charge in [0.25, 0.3) is 17.5 Å². The first-order chi connectivity index (χ1) is 15.1. The first-order valence-corrected chi connectivity index (χ1v) is 10.3. The van der Waals surface area contributed by atoms with E-state index in [0.29, 0.717) is 23.6 Å². The molecule has 154 valence electrons. The Balaban J connectivity index is 1.43. The van der Waals surface area contributed by atoms with Crippen LogP contribution in [-0.2, 0) is 6.42 Å². The maximum atomic E-state index is 12.0. The fourth-order valence-electron chi connectivity index (χ4n) is 3.22. The SMILES string of the molecule is COc1nc(-c2nnc(Cc3nc4ccc(-c5ccccc5)cc4s3)o2)c(C)c(=O)[nH]1. The number of aromatic nitrogens is 5. The van der Waals surface area contributed by atoms with Crippen molar-refractivity contribution >= 4 is 21.6 Å². The van der Waals surface area contributed by atoms with Crippen LogP contribution in [0.5, 0.6) is 6.01 Å². The molecule has 31 heavy (non-hydrogen) atoms. The van der Waals surface area contributed by atoms with Gasteiger partial charge < -0.3 is 9.15 Å². The van der Waals surface area contributed by atoms with Gasteiger partial charge in [0.15, 0.2) is 0 Å². The maximum absolute atomic E-state index is 12.0. The van der Waals surface area contributed by atoms with E-state index in [2.05, 4.69) is 49.4 Å². The molecule has 0 bridgehead atoms. The zero-order valence-corrected chi connectivity index (χ0v) is 17.6. The minimum atomic E-state index is -0.318. The first kappa shape index (κ1) is 19.1. The number of ether oxygens (including phenoxy) is 1. The van der Waals surface area contributed by atoms with Gasteiger partial charge in [-0.2, -0.15) is 4.98 Å². The van der Waals surface area contributed by atoms with E-state index in [-0.39, 0.29) is 17.5 Å². The normalized spacial score (nSPS) is 11.2. The standard InChI is InChI=1S/C22H17N5O3S/c1-12-19(24-22(29-2)25-20(12)28)21-27-26-17(30-21)11-18-23-15-9-8-14(10-16(15)31-18)13-6-4-3-5-7-13/h3-10H,11H2,1-2H3,(H,24,25,28). The summed E-state index contributed by atoms with van der Waals surface area (Å²) in [5, 5.41) is 9.03. The predicted molar refractivity (Wildman–Crippen MR) is 117 cm³/mol. The number of nitrogens with zero attached hydrogens (tertiary/aromatic N) is 4. The van der Waals surface area contributed by atoms with Crippen molar-refractivity contribution in [2.75, 3.05) is 7.11 Å². The summed E-state index contributed by atoms with van der Waals surface area (Å²) in [6.07, 6.45) is 0.395. The molecule has 5 rings (SSSR count). The highest BCUT2D eigenvalue weighted by Gasteiger charge is 2.18. The zero-order chi connectivity index (χ0) is 21.4. The molecule has 0 atom stereocenters. The number of aromatic amines is 1. The van der Waals surface area contributed by atoms with Gasteiger partial charge in [-0.1, -0.05) is 36.4 Å². The third-order valence-electron chi connectivity index (χ3n) is 4.83. The minimum absolute atomic E-state index is 0.0887. The Hall–Kier alpha value is -3.85. The smallest absolute Gasteiger partial charge is 0.296 e. The van der Waals surface area contributed by atoms with Crippen molar-refractivity contribution in [2.24, 2.45) is 0 Å². The molecule has 0 fully saturated rings. The molecular formula is C22H17N5O3S. The average molecular weight is 431 g/mol. The molecule has 3 heterocycles. The lowest BCUT2D eigenvalue weighted by molar-refractivity contribution is 0.377. The van der Waals surface area contributed by atoms with E-state index in [1.165, 1.54) is 7.11 Å². The molecule has 0 saturated heterocycles. The molecule has 0 saturated carbocycles. The van der Waals surface area contributed by atoms with Gasteiger partial charge >= 0.3 is 0 Å². The Morgan fingerprint density at radius 3 is 2.71 bits per heavy atom. The summed E-state index contributed by atoms with van der Waals surface area (Å²) < 4.78 is 11.9. The molecule has 3 aromatic heterocycles. The van der Waals surface area contributed by atoms with Gasteiger partial charge in [-0.3, -0.25) is 9.78 Å². The summed E-state index contributed by atoms with van der Waals surface area (Å²) in [5.41, 5.74) is 3.60. The Labute approximate surface area is 180 Å². The van der Waals surface area contributed by atoms with Crippen LogP contribution in [0.4, 0.5) is 0 Å². The summed E-state index contributed by atoms with van der Waals surface area (Å²) in [6.45, 7) is 1.64. The molecule has 1 N–H and O–H groups in total. The highest BCUT2D eigenvalue weighted by molar-refractivity contribution is 7.18. The van der Waals surface area contributed by atoms with Crippen LogP contribution in [0, 0.1) is 6.92 Å². The van der Waals surface area contributed by atoms with Crippen LogP contribution in [0.3, 0.4) is 0 Å². The maximum Gasteiger partial charge on any atom is 0.296 e. The molecule has 0 aliphatic heterocycles. The van der Waals surface area contributed by atoms with Crippen molar-refractivity contribution in [1.29, 1.82) is 0 Å². The van der Waals surface area contributed by atoms with Gasteiger partial charge in [0.05, 0.1) is 23.7 Å². The van der Waals surface area contributed by atoms with Crippen molar-refractivity contribution in [1.82, 2.24) is 25.1 Å². The molecule has 0 amide bonds. The van der Waals surface area contributed by atoms with Crippen LogP contribution in [0.1, 0.15) is 16.5 Å². The predicted octanol–water partition coefficient (Wildman–Crippen LogP) is 4.00. The Morgan fingerprint density at radius 2 is 1.90 bits per heavy atom. The summed E-state index contributed by atoms with van der Waals surface area (Å²) in [5.74, 6) is 0.571. The lowest BCUT2D eigenvalue weighted by Crippen LogP contribution is -2.14. The molecule has 0 unspecified atom stereocenters. The fraction of sp³-hybridized carbons (Fsp3) is 0.136. The zero-order valence-electron chi connectivity index (χ0n) is 16.7. The van der Waals surface area contributed by atoms with Gasteiger partial charge in [0.1, 0.15) is 10.7 Å². The largest absolute Gasteiger partial charge is 0.468 e. The lowest BCUT2D eigenvalue weighted by Gasteiger charge is -2.02. The highest BCUT2D eigenvalue weighted by Crippen LogP contribution is 2.29. The molecule has 0 aliphatic rings. The third-order valence-corrected chi connectivity index (χ3v) is 5.85. The van der Waals surface area contributed by atoms with Crippen LogP contribution in [0.15, 0.2) is 57.7 Å².